The Morgan fingerprint density at radius 2 is 2.00 bits per heavy atom. The molecule has 0 aliphatic rings. The van der Waals surface area contributed by atoms with E-state index in [0.717, 1.165) is 11.3 Å². The average Bonchev–Trinajstić information content (AvgIpc) is 2.25. The number of hydrogen-bond donors (Lipinski definition) is 1. The minimum absolute atomic E-state index is 0.155. The van der Waals surface area contributed by atoms with Gasteiger partial charge in [-0.2, -0.15) is 5.26 Å². The lowest BCUT2D eigenvalue weighted by molar-refractivity contribution is -0.137. The van der Waals surface area contributed by atoms with Crippen LogP contribution in [0.5, 0.6) is 0 Å². The molecule has 4 heteroatoms. The fourth-order valence-corrected chi connectivity index (χ4v) is 1.42. The molecule has 0 aromatic heterocycles. The smallest absolute Gasteiger partial charge is 0.305 e. The molecule has 1 rings (SSSR count). The Balaban J connectivity index is 2.87. The van der Waals surface area contributed by atoms with Gasteiger partial charge >= 0.3 is 5.97 Å². The second-order valence-electron chi connectivity index (χ2n) is 3.77. The molecule has 0 saturated heterocycles. The van der Waals surface area contributed by atoms with Crippen LogP contribution in [0.4, 0.5) is 5.69 Å². The summed E-state index contributed by atoms with van der Waals surface area (Å²) in [5.41, 5.74) is 1.77. The van der Waals surface area contributed by atoms with Gasteiger partial charge in [-0.1, -0.05) is 12.1 Å². The fourth-order valence-electron chi connectivity index (χ4n) is 1.42. The van der Waals surface area contributed by atoms with E-state index in [9.17, 15) is 4.79 Å². The molecule has 1 aromatic carbocycles. The van der Waals surface area contributed by atoms with Gasteiger partial charge in [-0.15, -0.1) is 0 Å². The van der Waals surface area contributed by atoms with Crippen molar-refractivity contribution in [2.24, 2.45) is 0 Å². The molecule has 0 spiro atoms. The summed E-state index contributed by atoms with van der Waals surface area (Å²) in [5.74, 6) is -1.53. The number of rotatable bonds is 4. The molecule has 1 aromatic rings. The summed E-state index contributed by atoms with van der Waals surface area (Å²) in [7, 11) is 3.85. The van der Waals surface area contributed by atoms with Crippen LogP contribution in [0.1, 0.15) is 17.9 Å². The number of carbonyl (C=O) groups is 1. The highest BCUT2D eigenvalue weighted by Crippen LogP contribution is 2.21. The number of benzene rings is 1. The van der Waals surface area contributed by atoms with E-state index < -0.39 is 11.9 Å². The normalized spacial score (nSPS) is 11.6. The van der Waals surface area contributed by atoms with E-state index in [-0.39, 0.29) is 6.42 Å². The van der Waals surface area contributed by atoms with Gasteiger partial charge < -0.3 is 10.0 Å². The lowest BCUT2D eigenvalue weighted by Crippen LogP contribution is -2.09. The lowest BCUT2D eigenvalue weighted by atomic mass is 9.97. The van der Waals surface area contributed by atoms with Crippen LogP contribution in [0.3, 0.4) is 0 Å². The van der Waals surface area contributed by atoms with Gasteiger partial charge in [0.25, 0.3) is 0 Å². The van der Waals surface area contributed by atoms with Gasteiger partial charge in [-0.25, -0.2) is 0 Å². The van der Waals surface area contributed by atoms with Gasteiger partial charge in [0.1, 0.15) is 0 Å². The average molecular weight is 218 g/mol. The first kappa shape index (κ1) is 12.1. The van der Waals surface area contributed by atoms with Crippen LogP contribution >= 0.6 is 0 Å². The Morgan fingerprint density at radius 1 is 1.44 bits per heavy atom. The van der Waals surface area contributed by atoms with Gasteiger partial charge in [0, 0.05) is 19.8 Å². The molecule has 0 bridgehead atoms. The third-order valence-corrected chi connectivity index (χ3v) is 2.35. The molecule has 1 N–H and O–H groups in total. The molecule has 16 heavy (non-hydrogen) atoms. The molecule has 0 amide bonds. The molecule has 84 valence electrons. The second-order valence-corrected chi connectivity index (χ2v) is 3.77. The molecule has 4 nitrogen and oxygen atoms in total. The van der Waals surface area contributed by atoms with Crippen molar-refractivity contribution in [3.8, 4) is 6.07 Å². The van der Waals surface area contributed by atoms with Crippen LogP contribution in [-0.4, -0.2) is 25.2 Å². The quantitative estimate of drug-likeness (QED) is 0.837. The van der Waals surface area contributed by atoms with Crippen molar-refractivity contribution in [1.82, 2.24) is 0 Å². The van der Waals surface area contributed by atoms with Gasteiger partial charge in [0.05, 0.1) is 18.4 Å². The number of anilines is 1. The molecule has 0 heterocycles. The summed E-state index contributed by atoms with van der Waals surface area (Å²) in [6, 6.07) is 9.35. The zero-order chi connectivity index (χ0) is 12.1. The first-order chi connectivity index (χ1) is 7.54. The highest BCUT2D eigenvalue weighted by Gasteiger charge is 2.14. The van der Waals surface area contributed by atoms with Crippen molar-refractivity contribution < 1.29 is 9.90 Å². The van der Waals surface area contributed by atoms with Crippen molar-refractivity contribution in [3.05, 3.63) is 29.8 Å². The van der Waals surface area contributed by atoms with E-state index in [1.165, 1.54) is 0 Å². The SMILES string of the molecule is CN(C)c1ccc(C(C#N)CC(=O)O)cc1. The highest BCUT2D eigenvalue weighted by molar-refractivity contribution is 5.68. The van der Waals surface area contributed by atoms with Gasteiger partial charge in [0.15, 0.2) is 0 Å². The molecule has 1 unspecified atom stereocenters. The fraction of sp³-hybridized carbons (Fsp3) is 0.333. The van der Waals surface area contributed by atoms with Crippen molar-refractivity contribution in [3.63, 3.8) is 0 Å². The monoisotopic (exact) mass is 218 g/mol. The number of hydrogen-bond acceptors (Lipinski definition) is 3. The maximum absolute atomic E-state index is 10.6. The number of nitrogens with zero attached hydrogens (tertiary/aromatic N) is 2. The molecule has 0 fully saturated rings. The van der Waals surface area contributed by atoms with Gasteiger partial charge in [-0.05, 0) is 17.7 Å². The number of aliphatic carboxylic acids is 1. The minimum atomic E-state index is -0.955. The van der Waals surface area contributed by atoms with E-state index in [4.69, 9.17) is 10.4 Å². The van der Waals surface area contributed by atoms with Crippen LogP contribution in [0.2, 0.25) is 0 Å². The van der Waals surface area contributed by atoms with Crippen molar-refractivity contribution in [1.29, 1.82) is 5.26 Å². The zero-order valence-electron chi connectivity index (χ0n) is 9.34. The largest absolute Gasteiger partial charge is 0.481 e. The topological polar surface area (TPSA) is 64.3 Å². The summed E-state index contributed by atoms with van der Waals surface area (Å²) in [6.07, 6.45) is -0.155. The number of carboxylic acid groups (broad SMARTS) is 1. The predicted octanol–water partition coefficient (Wildman–Crippen LogP) is 1.83. The van der Waals surface area contributed by atoms with E-state index in [1.807, 2.05) is 37.2 Å². The Bertz CT molecular complexity index is 404. The Kier molecular flexibility index (Phi) is 3.90. The van der Waals surface area contributed by atoms with Crippen molar-refractivity contribution in [2.75, 3.05) is 19.0 Å². The second kappa shape index (κ2) is 5.17. The summed E-state index contributed by atoms with van der Waals surface area (Å²) >= 11 is 0. The van der Waals surface area contributed by atoms with Crippen LogP contribution in [0, 0.1) is 11.3 Å². The van der Waals surface area contributed by atoms with Gasteiger partial charge in [-0.3, -0.25) is 4.79 Å². The molecule has 0 radical (unpaired) electrons. The van der Waals surface area contributed by atoms with Gasteiger partial charge in [0.2, 0.25) is 0 Å². The van der Waals surface area contributed by atoms with Crippen LogP contribution in [-0.2, 0) is 4.79 Å². The molecule has 0 aliphatic carbocycles. The van der Waals surface area contributed by atoms with Crippen LogP contribution in [0.25, 0.3) is 0 Å². The highest BCUT2D eigenvalue weighted by atomic mass is 16.4. The van der Waals surface area contributed by atoms with E-state index in [0.29, 0.717) is 0 Å². The van der Waals surface area contributed by atoms with Crippen LogP contribution < -0.4 is 4.90 Å². The maximum Gasteiger partial charge on any atom is 0.305 e. The third kappa shape index (κ3) is 2.99. The maximum atomic E-state index is 10.6. The first-order valence-electron chi connectivity index (χ1n) is 4.93. The van der Waals surface area contributed by atoms with Crippen molar-refractivity contribution in [2.45, 2.75) is 12.3 Å². The summed E-state index contributed by atoms with van der Waals surface area (Å²) in [6.45, 7) is 0. The first-order valence-corrected chi connectivity index (χ1v) is 4.93. The summed E-state index contributed by atoms with van der Waals surface area (Å²) in [5, 5.41) is 17.5. The van der Waals surface area contributed by atoms with E-state index in [2.05, 4.69) is 0 Å². The molecule has 0 aliphatic heterocycles. The molecular weight excluding hydrogens is 204 g/mol. The van der Waals surface area contributed by atoms with Crippen LogP contribution in [0.15, 0.2) is 24.3 Å². The number of nitriles is 1. The molecule has 1 atom stereocenters. The Morgan fingerprint density at radius 3 is 2.38 bits per heavy atom. The van der Waals surface area contributed by atoms with E-state index in [1.54, 1.807) is 12.1 Å². The third-order valence-electron chi connectivity index (χ3n) is 2.35. The lowest BCUT2D eigenvalue weighted by Gasteiger charge is -2.13. The van der Waals surface area contributed by atoms with Crippen molar-refractivity contribution >= 4 is 11.7 Å². The minimum Gasteiger partial charge on any atom is -0.481 e. The summed E-state index contributed by atoms with van der Waals surface area (Å²) < 4.78 is 0. The number of carboxylic acids is 1. The van der Waals surface area contributed by atoms with E-state index >= 15 is 0 Å². The molecule has 0 saturated carbocycles. The molecular formula is C12H14N2O2. The summed E-state index contributed by atoms with van der Waals surface area (Å²) in [4.78, 5) is 12.5. The predicted molar refractivity (Wildman–Crippen MR) is 61.4 cm³/mol. The Hall–Kier alpha value is -2.02. The zero-order valence-corrected chi connectivity index (χ0v) is 9.34. The standard InChI is InChI=1S/C12H14N2O2/c1-14(2)11-5-3-9(4-6-11)10(8-13)7-12(15)16/h3-6,10H,7H2,1-2H3,(H,15,16). The Labute approximate surface area is 94.7 Å².